The second kappa shape index (κ2) is 11.3. The van der Waals surface area contributed by atoms with Gasteiger partial charge in [0.05, 0.1) is 17.9 Å². The van der Waals surface area contributed by atoms with Gasteiger partial charge in [0.1, 0.15) is 10.7 Å². The molecule has 3 amide bonds. The van der Waals surface area contributed by atoms with Gasteiger partial charge < -0.3 is 15.4 Å². The molecule has 1 heterocycles. The lowest BCUT2D eigenvalue weighted by molar-refractivity contribution is -0.120. The zero-order chi connectivity index (χ0) is 26.5. The van der Waals surface area contributed by atoms with Crippen LogP contribution in [-0.4, -0.2) is 30.3 Å². The van der Waals surface area contributed by atoms with Gasteiger partial charge in [0, 0.05) is 22.0 Å². The smallest absolute Gasteiger partial charge is 0.338 e. The summed E-state index contributed by atoms with van der Waals surface area (Å²) in [5.74, 6) is -2.28. The molecule has 0 saturated heterocycles. The molecule has 0 radical (unpaired) electrons. The Balaban J connectivity index is 1.49. The van der Waals surface area contributed by atoms with E-state index in [0.717, 1.165) is 4.90 Å². The second-order valence-electron chi connectivity index (χ2n) is 7.99. The molecule has 0 aromatic heterocycles. The number of halogens is 2. The Labute approximate surface area is 222 Å². The fourth-order valence-corrected chi connectivity index (χ4v) is 3.93. The van der Waals surface area contributed by atoms with Crippen molar-refractivity contribution in [1.29, 1.82) is 0 Å². The standard InChI is InChI=1S/C27H21Cl2N3O5/c1-2-13-37-27(36)16-9-11-21(12-10-16)32-25(34)22(29)23(26(32)35)30-19-7-3-5-17(14-19)24(33)31-20-8-4-6-18(28)15-20/h3-12,14-15,30H,2,13H2,1H3,(H,31,33). The van der Waals surface area contributed by atoms with Crippen molar-refractivity contribution in [1.82, 2.24) is 0 Å². The molecule has 1 aliphatic heterocycles. The molecule has 37 heavy (non-hydrogen) atoms. The van der Waals surface area contributed by atoms with Gasteiger partial charge in [-0.25, -0.2) is 9.69 Å². The molecule has 2 N–H and O–H groups in total. The van der Waals surface area contributed by atoms with Gasteiger partial charge in [0.25, 0.3) is 17.7 Å². The van der Waals surface area contributed by atoms with Crippen molar-refractivity contribution in [2.24, 2.45) is 0 Å². The maximum Gasteiger partial charge on any atom is 0.338 e. The Hall–Kier alpha value is -4.14. The summed E-state index contributed by atoms with van der Waals surface area (Å²) in [7, 11) is 0. The Morgan fingerprint density at radius 1 is 0.865 bits per heavy atom. The highest BCUT2D eigenvalue weighted by molar-refractivity contribution is 6.53. The van der Waals surface area contributed by atoms with Crippen LogP contribution in [0.4, 0.5) is 17.1 Å². The number of nitrogens with one attached hydrogen (secondary N) is 2. The normalized spacial score (nSPS) is 13.1. The molecule has 0 aliphatic carbocycles. The van der Waals surface area contributed by atoms with Crippen molar-refractivity contribution in [2.45, 2.75) is 13.3 Å². The van der Waals surface area contributed by atoms with E-state index in [0.29, 0.717) is 40.6 Å². The molecule has 4 rings (SSSR count). The Morgan fingerprint density at radius 3 is 2.27 bits per heavy atom. The van der Waals surface area contributed by atoms with Crippen LogP contribution in [0.2, 0.25) is 5.02 Å². The molecule has 0 atom stereocenters. The van der Waals surface area contributed by atoms with Crippen LogP contribution in [0.5, 0.6) is 0 Å². The van der Waals surface area contributed by atoms with Gasteiger partial charge in [0.2, 0.25) is 0 Å². The van der Waals surface area contributed by atoms with Gasteiger partial charge in [-0.05, 0) is 67.1 Å². The van der Waals surface area contributed by atoms with Crippen LogP contribution < -0.4 is 15.5 Å². The number of esters is 1. The summed E-state index contributed by atoms with van der Waals surface area (Å²) in [6, 6.07) is 19.0. The Kier molecular flexibility index (Phi) is 7.91. The summed E-state index contributed by atoms with van der Waals surface area (Å²) in [5.41, 5.74) is 1.61. The van der Waals surface area contributed by atoms with E-state index >= 15 is 0 Å². The molecule has 188 valence electrons. The predicted molar refractivity (Wildman–Crippen MR) is 142 cm³/mol. The van der Waals surface area contributed by atoms with Crippen LogP contribution in [0, 0.1) is 0 Å². The molecule has 3 aromatic carbocycles. The lowest BCUT2D eigenvalue weighted by Gasteiger charge is -2.15. The minimum Gasteiger partial charge on any atom is -0.462 e. The van der Waals surface area contributed by atoms with E-state index in [2.05, 4.69) is 10.6 Å². The number of imide groups is 1. The molecule has 8 nitrogen and oxygen atoms in total. The van der Waals surface area contributed by atoms with E-state index in [9.17, 15) is 19.2 Å². The second-order valence-corrected chi connectivity index (χ2v) is 8.80. The highest BCUT2D eigenvalue weighted by Crippen LogP contribution is 2.30. The number of benzene rings is 3. The lowest BCUT2D eigenvalue weighted by Crippen LogP contribution is -2.32. The first-order valence-electron chi connectivity index (χ1n) is 11.3. The summed E-state index contributed by atoms with van der Waals surface area (Å²) < 4.78 is 5.09. The number of hydrogen-bond acceptors (Lipinski definition) is 6. The predicted octanol–water partition coefficient (Wildman–Crippen LogP) is 5.59. The monoisotopic (exact) mass is 537 g/mol. The first kappa shape index (κ1) is 25.9. The van der Waals surface area contributed by atoms with Crippen molar-refractivity contribution in [3.63, 3.8) is 0 Å². The van der Waals surface area contributed by atoms with E-state index in [4.69, 9.17) is 27.9 Å². The zero-order valence-electron chi connectivity index (χ0n) is 19.6. The molecule has 0 saturated carbocycles. The van der Waals surface area contributed by atoms with E-state index in [1.807, 2.05) is 6.92 Å². The van der Waals surface area contributed by atoms with Gasteiger partial charge >= 0.3 is 5.97 Å². The molecule has 0 unspecified atom stereocenters. The third-order valence-electron chi connectivity index (χ3n) is 5.30. The molecular weight excluding hydrogens is 517 g/mol. The van der Waals surface area contributed by atoms with Crippen LogP contribution in [0.25, 0.3) is 0 Å². The first-order chi connectivity index (χ1) is 17.8. The SMILES string of the molecule is CCCOC(=O)c1ccc(N2C(=O)C(Cl)=C(Nc3cccc(C(=O)Nc4cccc(Cl)c4)c3)C2=O)cc1. The highest BCUT2D eigenvalue weighted by atomic mass is 35.5. The number of anilines is 3. The van der Waals surface area contributed by atoms with E-state index < -0.39 is 17.8 Å². The summed E-state index contributed by atoms with van der Waals surface area (Å²) in [4.78, 5) is 51.5. The number of rotatable bonds is 8. The summed E-state index contributed by atoms with van der Waals surface area (Å²) >= 11 is 12.2. The minimum absolute atomic E-state index is 0.134. The molecule has 1 aliphatic rings. The first-order valence-corrected chi connectivity index (χ1v) is 12.0. The highest BCUT2D eigenvalue weighted by Gasteiger charge is 2.39. The van der Waals surface area contributed by atoms with Crippen LogP contribution in [0.1, 0.15) is 34.1 Å². The molecule has 0 fully saturated rings. The minimum atomic E-state index is -0.717. The van der Waals surface area contributed by atoms with Crippen LogP contribution >= 0.6 is 23.2 Å². The average molecular weight is 538 g/mol. The fourth-order valence-electron chi connectivity index (χ4n) is 3.52. The largest absolute Gasteiger partial charge is 0.462 e. The topological polar surface area (TPSA) is 105 Å². The lowest BCUT2D eigenvalue weighted by atomic mass is 10.1. The Morgan fingerprint density at radius 2 is 1.57 bits per heavy atom. The molecule has 0 bridgehead atoms. The maximum atomic E-state index is 13.1. The summed E-state index contributed by atoms with van der Waals surface area (Å²) in [6.07, 6.45) is 0.691. The van der Waals surface area contributed by atoms with Crippen molar-refractivity contribution in [3.8, 4) is 0 Å². The van der Waals surface area contributed by atoms with Crippen molar-refractivity contribution in [3.05, 3.63) is 99.7 Å². The van der Waals surface area contributed by atoms with Crippen LogP contribution in [-0.2, 0) is 14.3 Å². The van der Waals surface area contributed by atoms with E-state index in [1.54, 1.807) is 42.5 Å². The summed E-state index contributed by atoms with van der Waals surface area (Å²) in [5, 5.41) is 5.78. The Bertz CT molecular complexity index is 1420. The van der Waals surface area contributed by atoms with Gasteiger partial charge in [-0.1, -0.05) is 42.3 Å². The molecule has 3 aromatic rings. The van der Waals surface area contributed by atoms with Crippen molar-refractivity contribution >= 4 is 64.0 Å². The van der Waals surface area contributed by atoms with Crippen molar-refractivity contribution < 1.29 is 23.9 Å². The van der Waals surface area contributed by atoms with Gasteiger partial charge in [-0.15, -0.1) is 0 Å². The number of amides is 3. The maximum absolute atomic E-state index is 13.1. The number of carbonyl (C=O) groups is 4. The van der Waals surface area contributed by atoms with Gasteiger partial charge in [-0.2, -0.15) is 0 Å². The molecular formula is C27H21Cl2N3O5. The van der Waals surface area contributed by atoms with Crippen molar-refractivity contribution in [2.75, 3.05) is 22.1 Å². The third kappa shape index (κ3) is 5.82. The number of hydrogen-bond donors (Lipinski definition) is 2. The third-order valence-corrected chi connectivity index (χ3v) is 5.89. The van der Waals surface area contributed by atoms with Gasteiger partial charge in [-0.3, -0.25) is 14.4 Å². The number of carbonyl (C=O) groups excluding carboxylic acids is 4. The average Bonchev–Trinajstić information content (AvgIpc) is 3.10. The summed E-state index contributed by atoms with van der Waals surface area (Å²) in [6.45, 7) is 2.18. The van der Waals surface area contributed by atoms with E-state index in [-0.39, 0.29) is 22.3 Å². The van der Waals surface area contributed by atoms with Crippen LogP contribution in [0.3, 0.4) is 0 Å². The number of ether oxygens (including phenoxy) is 1. The quantitative estimate of drug-likeness (QED) is 0.286. The van der Waals surface area contributed by atoms with Crippen LogP contribution in [0.15, 0.2) is 83.5 Å². The molecule has 0 spiro atoms. The van der Waals surface area contributed by atoms with E-state index in [1.165, 1.54) is 30.3 Å². The zero-order valence-corrected chi connectivity index (χ0v) is 21.1. The fraction of sp³-hybridized carbons (Fsp3) is 0.111. The molecule has 10 heteroatoms. The van der Waals surface area contributed by atoms with Gasteiger partial charge in [0.15, 0.2) is 0 Å². The number of nitrogens with zero attached hydrogens (tertiary/aromatic N) is 1.